The third-order valence-electron chi connectivity index (χ3n) is 5.64. The maximum Gasteiger partial charge on any atom is 0.323 e. The molecule has 3 rings (SSSR count). The monoisotopic (exact) mass is 366 g/mol. The summed E-state index contributed by atoms with van der Waals surface area (Å²) >= 11 is 0. The first kappa shape index (κ1) is 18.8. The van der Waals surface area contributed by atoms with Crippen molar-refractivity contribution < 1.29 is 23.9 Å². The molecule has 5 heteroatoms. The lowest BCUT2D eigenvalue weighted by Crippen LogP contribution is -2.40. The van der Waals surface area contributed by atoms with Crippen LogP contribution in [0.1, 0.15) is 18.4 Å². The number of methoxy groups -OCH3 is 2. The van der Waals surface area contributed by atoms with Crippen LogP contribution in [-0.2, 0) is 23.9 Å². The molecule has 0 amide bonds. The van der Waals surface area contributed by atoms with E-state index in [-0.39, 0.29) is 24.5 Å². The molecule has 27 heavy (non-hydrogen) atoms. The third kappa shape index (κ3) is 3.03. The molecular weight excluding hydrogens is 344 g/mol. The van der Waals surface area contributed by atoms with Gasteiger partial charge in [0.15, 0.2) is 11.2 Å². The Morgan fingerprint density at radius 3 is 2.11 bits per heavy atom. The minimum Gasteiger partial charge on any atom is -0.468 e. The standard InChI is InChI=1S/C22H22O5/c1-15(16-7-5-4-6-8-16)18-13-22(19(24)26-2,20(25)27-3)14-21(18)11-9-17(23)10-12-21/h4-12,18H,1,13-14H2,2-3H3. The molecular formula is C22H22O5. The molecule has 1 saturated carbocycles. The van der Waals surface area contributed by atoms with Crippen LogP contribution in [0.3, 0.4) is 0 Å². The van der Waals surface area contributed by atoms with Crippen molar-refractivity contribution in [1.82, 2.24) is 0 Å². The number of rotatable bonds is 4. The Labute approximate surface area is 158 Å². The van der Waals surface area contributed by atoms with E-state index in [1.54, 1.807) is 12.2 Å². The topological polar surface area (TPSA) is 69.7 Å². The number of ether oxygens (including phenoxy) is 2. The zero-order valence-electron chi connectivity index (χ0n) is 15.4. The lowest BCUT2D eigenvalue weighted by atomic mass is 9.70. The predicted octanol–water partition coefficient (Wildman–Crippen LogP) is 3.12. The molecule has 5 nitrogen and oxygen atoms in total. The zero-order valence-corrected chi connectivity index (χ0v) is 15.4. The summed E-state index contributed by atoms with van der Waals surface area (Å²) in [5.74, 6) is -1.65. The molecule has 1 spiro atoms. The molecule has 0 heterocycles. The van der Waals surface area contributed by atoms with Crippen LogP contribution in [0, 0.1) is 16.7 Å². The van der Waals surface area contributed by atoms with Gasteiger partial charge in [0.1, 0.15) is 0 Å². The third-order valence-corrected chi connectivity index (χ3v) is 5.64. The van der Waals surface area contributed by atoms with Crippen molar-refractivity contribution in [2.75, 3.05) is 14.2 Å². The van der Waals surface area contributed by atoms with Crippen LogP contribution in [0.5, 0.6) is 0 Å². The Morgan fingerprint density at radius 2 is 1.59 bits per heavy atom. The second-order valence-corrected chi connectivity index (χ2v) is 7.07. The number of benzene rings is 1. The number of hydrogen-bond acceptors (Lipinski definition) is 5. The molecule has 1 atom stereocenters. The Hall–Kier alpha value is -2.95. The normalized spacial score (nSPS) is 21.9. The van der Waals surface area contributed by atoms with Gasteiger partial charge >= 0.3 is 11.9 Å². The molecule has 0 aromatic heterocycles. The molecule has 2 aliphatic carbocycles. The van der Waals surface area contributed by atoms with Gasteiger partial charge in [-0.1, -0.05) is 49.1 Å². The Kier molecular flexibility index (Phi) is 4.87. The van der Waals surface area contributed by atoms with E-state index in [1.165, 1.54) is 26.4 Å². The van der Waals surface area contributed by atoms with Gasteiger partial charge in [-0.05, 0) is 42.0 Å². The van der Waals surface area contributed by atoms with E-state index < -0.39 is 22.8 Å². The van der Waals surface area contributed by atoms with Gasteiger partial charge in [-0.25, -0.2) is 0 Å². The van der Waals surface area contributed by atoms with E-state index in [9.17, 15) is 14.4 Å². The van der Waals surface area contributed by atoms with Gasteiger partial charge in [0, 0.05) is 5.41 Å². The molecule has 1 fully saturated rings. The van der Waals surface area contributed by atoms with Crippen molar-refractivity contribution in [2.45, 2.75) is 12.8 Å². The molecule has 0 radical (unpaired) electrons. The smallest absolute Gasteiger partial charge is 0.323 e. The summed E-state index contributed by atoms with van der Waals surface area (Å²) in [6.07, 6.45) is 6.88. The molecule has 0 aliphatic heterocycles. The number of allylic oxidation sites excluding steroid dienone is 5. The van der Waals surface area contributed by atoms with Crippen molar-refractivity contribution in [3.8, 4) is 0 Å². The fourth-order valence-electron chi connectivity index (χ4n) is 4.28. The quantitative estimate of drug-likeness (QED) is 0.605. The summed E-state index contributed by atoms with van der Waals surface area (Å²) in [6, 6.07) is 9.60. The number of hydrogen-bond donors (Lipinski definition) is 0. The van der Waals surface area contributed by atoms with Crippen molar-refractivity contribution >= 4 is 23.3 Å². The van der Waals surface area contributed by atoms with Gasteiger partial charge in [0.2, 0.25) is 0 Å². The molecule has 1 aromatic carbocycles. The van der Waals surface area contributed by atoms with Crippen LogP contribution >= 0.6 is 0 Å². The molecule has 0 bridgehead atoms. The molecule has 2 aliphatic rings. The first-order chi connectivity index (χ1) is 12.9. The lowest BCUT2D eigenvalue weighted by Gasteiger charge is -2.32. The summed E-state index contributed by atoms with van der Waals surface area (Å²) in [4.78, 5) is 37.0. The van der Waals surface area contributed by atoms with E-state index in [0.717, 1.165) is 11.1 Å². The van der Waals surface area contributed by atoms with E-state index >= 15 is 0 Å². The van der Waals surface area contributed by atoms with Gasteiger partial charge in [-0.2, -0.15) is 0 Å². The zero-order chi connectivity index (χ0) is 19.7. The van der Waals surface area contributed by atoms with Crippen LogP contribution in [0.4, 0.5) is 0 Å². The highest BCUT2D eigenvalue weighted by atomic mass is 16.5. The number of esters is 2. The number of carbonyl (C=O) groups is 3. The van der Waals surface area contributed by atoms with Crippen molar-refractivity contribution in [3.05, 3.63) is 66.8 Å². The van der Waals surface area contributed by atoms with Crippen molar-refractivity contribution in [3.63, 3.8) is 0 Å². The number of ketones is 1. The minimum atomic E-state index is -1.44. The SMILES string of the molecule is C=C(c1ccccc1)C1CC(C(=O)OC)(C(=O)OC)CC12C=CC(=O)C=C2. The van der Waals surface area contributed by atoms with Gasteiger partial charge in [-0.15, -0.1) is 0 Å². The Morgan fingerprint density at radius 1 is 1.04 bits per heavy atom. The second kappa shape index (κ2) is 6.99. The maximum atomic E-state index is 12.7. The highest BCUT2D eigenvalue weighted by Gasteiger charge is 2.62. The van der Waals surface area contributed by atoms with Gasteiger partial charge in [-0.3, -0.25) is 14.4 Å². The molecule has 140 valence electrons. The van der Waals surface area contributed by atoms with Crippen molar-refractivity contribution in [1.29, 1.82) is 0 Å². The van der Waals surface area contributed by atoms with Gasteiger partial charge in [0.25, 0.3) is 0 Å². The summed E-state index contributed by atoms with van der Waals surface area (Å²) < 4.78 is 9.93. The fraction of sp³-hybridized carbons (Fsp3) is 0.318. The molecule has 1 unspecified atom stereocenters. The van der Waals surface area contributed by atoms with Gasteiger partial charge in [0.05, 0.1) is 14.2 Å². The summed E-state index contributed by atoms with van der Waals surface area (Å²) in [5.41, 5.74) is -0.412. The van der Waals surface area contributed by atoms with Crippen LogP contribution < -0.4 is 0 Å². The van der Waals surface area contributed by atoms with E-state index in [1.807, 2.05) is 30.3 Å². The lowest BCUT2D eigenvalue weighted by molar-refractivity contribution is -0.169. The Balaban J connectivity index is 2.12. The Bertz CT molecular complexity index is 815. The molecule has 1 aromatic rings. The van der Waals surface area contributed by atoms with Crippen LogP contribution in [0.2, 0.25) is 0 Å². The maximum absolute atomic E-state index is 12.7. The van der Waals surface area contributed by atoms with E-state index in [4.69, 9.17) is 9.47 Å². The van der Waals surface area contributed by atoms with Crippen LogP contribution in [0.15, 0.2) is 61.2 Å². The van der Waals surface area contributed by atoms with Gasteiger partial charge < -0.3 is 9.47 Å². The first-order valence-corrected chi connectivity index (χ1v) is 8.72. The minimum absolute atomic E-state index is 0.127. The predicted molar refractivity (Wildman–Crippen MR) is 100 cm³/mol. The summed E-state index contributed by atoms with van der Waals surface area (Å²) in [5, 5.41) is 0. The molecule has 0 N–H and O–H groups in total. The summed E-state index contributed by atoms with van der Waals surface area (Å²) in [6.45, 7) is 4.25. The van der Waals surface area contributed by atoms with E-state index in [2.05, 4.69) is 6.58 Å². The van der Waals surface area contributed by atoms with Crippen LogP contribution in [-0.4, -0.2) is 31.9 Å². The molecule has 0 saturated heterocycles. The fourth-order valence-corrected chi connectivity index (χ4v) is 4.28. The average molecular weight is 366 g/mol. The second-order valence-electron chi connectivity index (χ2n) is 7.07. The first-order valence-electron chi connectivity index (χ1n) is 8.72. The number of carbonyl (C=O) groups excluding carboxylic acids is 3. The van der Waals surface area contributed by atoms with Crippen molar-refractivity contribution in [2.24, 2.45) is 16.7 Å². The largest absolute Gasteiger partial charge is 0.468 e. The highest BCUT2D eigenvalue weighted by Crippen LogP contribution is 2.60. The average Bonchev–Trinajstić information content (AvgIpc) is 3.05. The summed E-state index contributed by atoms with van der Waals surface area (Å²) in [7, 11) is 2.52. The van der Waals surface area contributed by atoms with E-state index in [0.29, 0.717) is 0 Å². The highest BCUT2D eigenvalue weighted by molar-refractivity contribution is 6.03. The van der Waals surface area contributed by atoms with Crippen LogP contribution in [0.25, 0.3) is 5.57 Å².